The molecule has 2 fully saturated rings. The molecule has 2 aliphatic rings. The normalized spacial score (nSPS) is 30.5. The maximum atomic E-state index is 15.1. The number of amides is 1. The summed E-state index contributed by atoms with van der Waals surface area (Å²) in [5.74, 6) is -3.64. The molecule has 2 aromatic rings. The van der Waals surface area contributed by atoms with Gasteiger partial charge >= 0.3 is 6.18 Å². The Bertz CT molecular complexity index is 1280. The number of nitrogens with zero attached hydrogens (tertiary/aromatic N) is 1. The van der Waals surface area contributed by atoms with E-state index in [-0.39, 0.29) is 5.56 Å². The van der Waals surface area contributed by atoms with E-state index in [0.717, 1.165) is 4.31 Å². The third-order valence-electron chi connectivity index (χ3n) is 7.36. The Morgan fingerprint density at radius 1 is 1.11 bits per heavy atom. The maximum Gasteiger partial charge on any atom is 0.417 e. The number of hydrogen-bond donors (Lipinski definition) is 2. The lowest BCUT2D eigenvalue weighted by molar-refractivity contribution is -0.300. The molecular formula is C24H25F5N2O4S. The van der Waals surface area contributed by atoms with Crippen LogP contribution in [0.4, 0.5) is 22.0 Å². The fraction of sp³-hybridized carbons (Fsp3) is 0.458. The first-order valence-electron chi connectivity index (χ1n) is 11.3. The quantitative estimate of drug-likeness (QED) is 0.572. The Morgan fingerprint density at radius 2 is 1.72 bits per heavy atom. The molecule has 0 spiro atoms. The molecule has 0 aromatic heterocycles. The highest BCUT2D eigenvalue weighted by Gasteiger charge is 2.70. The third-order valence-corrected chi connectivity index (χ3v) is 9.73. The zero-order valence-electron chi connectivity index (χ0n) is 19.2. The second-order valence-corrected chi connectivity index (χ2v) is 11.7. The van der Waals surface area contributed by atoms with Gasteiger partial charge in [-0.2, -0.15) is 17.5 Å². The van der Waals surface area contributed by atoms with E-state index < -0.39 is 81.0 Å². The predicted molar refractivity (Wildman–Crippen MR) is 120 cm³/mol. The van der Waals surface area contributed by atoms with E-state index in [1.165, 1.54) is 0 Å². The molecule has 4 rings (SSSR count). The van der Waals surface area contributed by atoms with Gasteiger partial charge in [-0.15, -0.1) is 0 Å². The first-order valence-corrected chi connectivity index (χ1v) is 12.8. The number of carbonyl (C=O) groups excluding carboxylic acids is 1. The second-order valence-electron chi connectivity index (χ2n) is 9.67. The van der Waals surface area contributed by atoms with Gasteiger partial charge in [0.1, 0.15) is 16.9 Å². The number of halogens is 5. The summed E-state index contributed by atoms with van der Waals surface area (Å²) in [4.78, 5) is 12.1. The molecule has 3 N–H and O–H groups in total. The summed E-state index contributed by atoms with van der Waals surface area (Å²) in [6, 6.07) is 9.24. The molecule has 1 heterocycles. The standard InChI is InChI=1S/C24H25F5N2O4S/c1-14-7-8-20(15-5-3-2-4-6-15)36(34,35)31(14)11-16-9-19(26)17(10-18(16)25)22(21(30)32)12-23(33,13-22)24(27,28)29/h2-6,9-10,14,20,33H,7-8,11-13H2,1H3,(H2,30,32)/t14-,20+,22-,23-/m0/s1. The number of aliphatic hydroxyl groups is 1. The molecule has 2 aromatic carbocycles. The van der Waals surface area contributed by atoms with Crippen LogP contribution in [-0.2, 0) is 26.8 Å². The minimum atomic E-state index is -5.09. The van der Waals surface area contributed by atoms with Gasteiger partial charge in [0, 0.05) is 36.6 Å². The van der Waals surface area contributed by atoms with Crippen molar-refractivity contribution >= 4 is 15.9 Å². The highest BCUT2D eigenvalue weighted by Crippen LogP contribution is 2.57. The zero-order chi connectivity index (χ0) is 26.7. The average molecular weight is 533 g/mol. The Hall–Kier alpha value is -2.57. The Labute approximate surface area is 205 Å². The van der Waals surface area contributed by atoms with Gasteiger partial charge in [-0.1, -0.05) is 30.3 Å². The fourth-order valence-electron chi connectivity index (χ4n) is 5.24. The van der Waals surface area contributed by atoms with Crippen molar-refractivity contribution in [2.24, 2.45) is 5.73 Å². The molecule has 1 amide bonds. The molecule has 1 aliphatic carbocycles. The Morgan fingerprint density at radius 3 is 2.28 bits per heavy atom. The first kappa shape index (κ1) is 26.5. The van der Waals surface area contributed by atoms with Gasteiger partial charge in [0.05, 0.1) is 5.41 Å². The molecule has 196 valence electrons. The van der Waals surface area contributed by atoms with Crippen LogP contribution in [0, 0.1) is 11.6 Å². The van der Waals surface area contributed by atoms with Crippen LogP contribution in [0.3, 0.4) is 0 Å². The highest BCUT2D eigenvalue weighted by atomic mass is 32.2. The Balaban J connectivity index is 1.66. The third kappa shape index (κ3) is 4.18. The van der Waals surface area contributed by atoms with E-state index in [1.54, 1.807) is 37.3 Å². The van der Waals surface area contributed by atoms with Crippen LogP contribution in [0.2, 0.25) is 0 Å². The van der Waals surface area contributed by atoms with Gasteiger partial charge in [0.25, 0.3) is 0 Å². The zero-order valence-corrected chi connectivity index (χ0v) is 20.0. The number of benzene rings is 2. The molecule has 6 nitrogen and oxygen atoms in total. The Kier molecular flexibility index (Phi) is 6.46. The summed E-state index contributed by atoms with van der Waals surface area (Å²) in [5, 5.41) is 8.94. The van der Waals surface area contributed by atoms with Crippen molar-refractivity contribution in [3.05, 3.63) is 70.8 Å². The summed E-state index contributed by atoms with van der Waals surface area (Å²) in [5.41, 5.74) is -0.722. The summed E-state index contributed by atoms with van der Waals surface area (Å²) in [6.07, 6.45) is -6.75. The van der Waals surface area contributed by atoms with Crippen molar-refractivity contribution < 1.29 is 40.3 Å². The summed E-state index contributed by atoms with van der Waals surface area (Å²) in [6.45, 7) is 1.14. The van der Waals surface area contributed by atoms with Crippen molar-refractivity contribution in [2.75, 3.05) is 0 Å². The van der Waals surface area contributed by atoms with Crippen molar-refractivity contribution in [1.82, 2.24) is 4.31 Å². The van der Waals surface area contributed by atoms with E-state index in [2.05, 4.69) is 0 Å². The summed E-state index contributed by atoms with van der Waals surface area (Å²) in [7, 11) is -3.96. The van der Waals surface area contributed by atoms with Gasteiger partial charge < -0.3 is 10.8 Å². The second kappa shape index (κ2) is 8.77. The lowest BCUT2D eigenvalue weighted by atomic mass is 9.55. The number of alkyl halides is 3. The molecular weight excluding hydrogens is 507 g/mol. The van der Waals surface area contributed by atoms with Crippen LogP contribution in [0.5, 0.6) is 0 Å². The summed E-state index contributed by atoms with van der Waals surface area (Å²) < 4.78 is 97.5. The van der Waals surface area contributed by atoms with E-state index in [0.29, 0.717) is 30.5 Å². The number of sulfonamides is 1. The molecule has 0 unspecified atom stereocenters. The number of carbonyl (C=O) groups is 1. The molecule has 1 aliphatic heterocycles. The highest BCUT2D eigenvalue weighted by molar-refractivity contribution is 7.89. The lowest BCUT2D eigenvalue weighted by Crippen LogP contribution is -2.66. The van der Waals surface area contributed by atoms with Gasteiger partial charge in [-0.05, 0) is 37.5 Å². The van der Waals surface area contributed by atoms with Crippen LogP contribution >= 0.6 is 0 Å². The molecule has 1 saturated carbocycles. The number of rotatable bonds is 5. The van der Waals surface area contributed by atoms with Crippen LogP contribution in [0.15, 0.2) is 42.5 Å². The van der Waals surface area contributed by atoms with Crippen LogP contribution in [0.25, 0.3) is 0 Å². The molecule has 36 heavy (non-hydrogen) atoms. The fourth-order valence-corrected chi connectivity index (χ4v) is 7.43. The monoisotopic (exact) mass is 532 g/mol. The van der Waals surface area contributed by atoms with E-state index in [4.69, 9.17) is 5.73 Å². The van der Waals surface area contributed by atoms with E-state index >= 15 is 8.78 Å². The van der Waals surface area contributed by atoms with Gasteiger partial charge in [0.15, 0.2) is 5.60 Å². The molecule has 0 bridgehead atoms. The van der Waals surface area contributed by atoms with E-state index in [1.807, 2.05) is 0 Å². The van der Waals surface area contributed by atoms with Crippen molar-refractivity contribution in [1.29, 1.82) is 0 Å². The molecule has 2 atom stereocenters. The largest absolute Gasteiger partial charge is 0.417 e. The first-order chi connectivity index (χ1) is 16.6. The number of primary amides is 1. The SMILES string of the molecule is C[C@H]1CC[C@H](c2ccccc2)S(=O)(=O)N1Cc1cc(F)c([C@]2(C(N)=O)C[C@@](O)(C(F)(F)F)C2)cc1F. The van der Waals surface area contributed by atoms with Crippen LogP contribution in [0.1, 0.15) is 54.5 Å². The van der Waals surface area contributed by atoms with Gasteiger partial charge in [0.2, 0.25) is 15.9 Å². The average Bonchev–Trinajstić information content (AvgIpc) is 2.75. The van der Waals surface area contributed by atoms with Crippen molar-refractivity contribution in [2.45, 2.75) is 67.6 Å². The maximum absolute atomic E-state index is 15.1. The topological polar surface area (TPSA) is 101 Å². The number of hydrogen-bond acceptors (Lipinski definition) is 4. The van der Waals surface area contributed by atoms with E-state index in [9.17, 15) is 31.5 Å². The molecule has 12 heteroatoms. The predicted octanol–water partition coefficient (Wildman–Crippen LogP) is 3.83. The van der Waals surface area contributed by atoms with Crippen LogP contribution < -0.4 is 5.73 Å². The summed E-state index contributed by atoms with van der Waals surface area (Å²) >= 11 is 0. The lowest BCUT2D eigenvalue weighted by Gasteiger charge is -2.51. The van der Waals surface area contributed by atoms with Crippen molar-refractivity contribution in [3.8, 4) is 0 Å². The number of nitrogens with two attached hydrogens (primary N) is 1. The van der Waals surface area contributed by atoms with Crippen LogP contribution in [-0.4, -0.2) is 41.6 Å². The minimum absolute atomic E-state index is 0.342. The van der Waals surface area contributed by atoms with Crippen molar-refractivity contribution in [3.63, 3.8) is 0 Å². The molecule has 1 saturated heterocycles. The van der Waals surface area contributed by atoms with Gasteiger partial charge in [-0.25, -0.2) is 17.2 Å². The molecule has 0 radical (unpaired) electrons. The van der Waals surface area contributed by atoms with Gasteiger partial charge in [-0.3, -0.25) is 4.79 Å². The smallest absolute Gasteiger partial charge is 0.380 e. The minimum Gasteiger partial charge on any atom is -0.380 e.